The fourth-order valence-electron chi connectivity index (χ4n) is 2.95. The molecule has 0 aliphatic carbocycles. The summed E-state index contributed by atoms with van der Waals surface area (Å²) in [5.41, 5.74) is -1.10. The molecule has 10 heteroatoms. The van der Waals surface area contributed by atoms with Gasteiger partial charge in [-0.3, -0.25) is 9.36 Å². The van der Waals surface area contributed by atoms with E-state index in [2.05, 4.69) is 5.32 Å². The van der Waals surface area contributed by atoms with Gasteiger partial charge in [-0.25, -0.2) is 9.59 Å². The summed E-state index contributed by atoms with van der Waals surface area (Å²) in [5.74, 6) is -2.37. The van der Waals surface area contributed by atoms with Crippen molar-refractivity contribution in [3.05, 3.63) is 35.9 Å². The molecule has 1 aromatic carbocycles. The molecule has 33 heavy (non-hydrogen) atoms. The Balaban J connectivity index is 3.28. The minimum atomic E-state index is -3.18. The van der Waals surface area contributed by atoms with Crippen molar-refractivity contribution in [2.24, 2.45) is 5.92 Å². The summed E-state index contributed by atoms with van der Waals surface area (Å²) in [7, 11) is -3.18. The van der Waals surface area contributed by atoms with Crippen LogP contribution in [0, 0.1) is 5.92 Å². The molecule has 0 aromatic heterocycles. The second-order valence-corrected chi connectivity index (χ2v) is 11.5. The van der Waals surface area contributed by atoms with Gasteiger partial charge in [0.2, 0.25) is 13.9 Å². The van der Waals surface area contributed by atoms with E-state index in [4.69, 9.17) is 9.47 Å². The summed E-state index contributed by atoms with van der Waals surface area (Å²) < 4.78 is 22.8. The van der Waals surface area contributed by atoms with Gasteiger partial charge in [0.15, 0.2) is 0 Å². The second kappa shape index (κ2) is 11.7. The number of rotatable bonds is 7. The van der Waals surface area contributed by atoms with E-state index in [1.165, 1.54) is 0 Å². The Morgan fingerprint density at radius 3 is 1.79 bits per heavy atom. The summed E-state index contributed by atoms with van der Waals surface area (Å²) in [6.45, 7) is 13.1. The van der Waals surface area contributed by atoms with E-state index in [0.29, 0.717) is 4.90 Å². The van der Waals surface area contributed by atoms with Crippen molar-refractivity contribution < 1.29 is 33.3 Å². The zero-order valence-corrected chi connectivity index (χ0v) is 21.7. The van der Waals surface area contributed by atoms with Gasteiger partial charge in [0.25, 0.3) is 0 Å². The SMILES string of the molecule is CC(C)[C@@H](C(=O)NC(Cc1ccccc1)[PH](=O)O)N(C(=O)OC(C)(C)C)C(=O)OC(C)(C)C. The largest absolute Gasteiger partial charge is 0.443 e. The Hall–Kier alpha value is -2.38. The normalized spacial score (nSPS) is 14.7. The number of ether oxygens (including phenoxy) is 2. The van der Waals surface area contributed by atoms with Gasteiger partial charge in [-0.05, 0) is 53.0 Å². The Labute approximate surface area is 196 Å². The number of nitrogens with zero attached hydrogens (tertiary/aromatic N) is 1. The van der Waals surface area contributed by atoms with Crippen LogP contribution in [0.3, 0.4) is 0 Å². The van der Waals surface area contributed by atoms with Gasteiger partial charge in [0, 0.05) is 6.42 Å². The predicted molar refractivity (Wildman–Crippen MR) is 126 cm³/mol. The van der Waals surface area contributed by atoms with E-state index in [9.17, 15) is 23.8 Å². The molecule has 1 aromatic rings. The number of imide groups is 1. The van der Waals surface area contributed by atoms with Crippen molar-refractivity contribution in [3.8, 4) is 0 Å². The molecular weight excluding hydrogens is 447 g/mol. The molecule has 0 spiro atoms. The molecule has 2 unspecified atom stereocenters. The van der Waals surface area contributed by atoms with E-state index >= 15 is 0 Å². The van der Waals surface area contributed by atoms with Crippen LogP contribution >= 0.6 is 8.03 Å². The first kappa shape index (κ1) is 28.7. The maximum absolute atomic E-state index is 13.3. The van der Waals surface area contributed by atoms with Gasteiger partial charge in [-0.15, -0.1) is 0 Å². The molecule has 0 bridgehead atoms. The van der Waals surface area contributed by atoms with Gasteiger partial charge < -0.3 is 19.7 Å². The van der Waals surface area contributed by atoms with E-state index in [1.807, 2.05) is 6.07 Å². The van der Waals surface area contributed by atoms with Crippen LogP contribution in [0.5, 0.6) is 0 Å². The Morgan fingerprint density at radius 2 is 1.42 bits per heavy atom. The Kier molecular flexibility index (Phi) is 10.1. The first-order valence-corrected chi connectivity index (χ1v) is 12.3. The number of hydrogen-bond acceptors (Lipinski definition) is 6. The van der Waals surface area contributed by atoms with E-state index in [1.54, 1.807) is 79.7 Å². The minimum Gasteiger partial charge on any atom is -0.443 e. The zero-order valence-electron chi connectivity index (χ0n) is 20.7. The summed E-state index contributed by atoms with van der Waals surface area (Å²) >= 11 is 0. The predicted octanol–water partition coefficient (Wildman–Crippen LogP) is 4.34. The number of benzene rings is 1. The molecule has 0 aliphatic heterocycles. The zero-order chi connectivity index (χ0) is 25.6. The Bertz CT molecular complexity index is 817. The van der Waals surface area contributed by atoms with Crippen molar-refractivity contribution >= 4 is 26.1 Å². The van der Waals surface area contributed by atoms with Gasteiger partial charge in [0.1, 0.15) is 23.0 Å². The van der Waals surface area contributed by atoms with Crippen LogP contribution in [-0.2, 0) is 25.3 Å². The number of amides is 3. The quantitative estimate of drug-likeness (QED) is 0.552. The molecule has 0 heterocycles. The summed E-state index contributed by atoms with van der Waals surface area (Å²) in [6.07, 6.45) is -1.96. The van der Waals surface area contributed by atoms with Gasteiger partial charge in [-0.2, -0.15) is 4.90 Å². The van der Waals surface area contributed by atoms with Gasteiger partial charge >= 0.3 is 12.2 Å². The molecule has 0 radical (unpaired) electrons. The molecule has 0 saturated heterocycles. The average molecular weight is 485 g/mol. The molecule has 186 valence electrons. The highest BCUT2D eigenvalue weighted by atomic mass is 31.1. The molecule has 0 saturated carbocycles. The van der Waals surface area contributed by atoms with Crippen molar-refractivity contribution in [1.29, 1.82) is 0 Å². The van der Waals surface area contributed by atoms with Crippen LogP contribution in [0.4, 0.5) is 9.59 Å². The fourth-order valence-corrected chi connectivity index (χ4v) is 3.63. The third-order valence-corrected chi connectivity index (χ3v) is 5.20. The smallest absolute Gasteiger partial charge is 0.420 e. The van der Waals surface area contributed by atoms with Crippen LogP contribution in [0.2, 0.25) is 0 Å². The van der Waals surface area contributed by atoms with Crippen LogP contribution in [0.25, 0.3) is 0 Å². The van der Waals surface area contributed by atoms with Crippen molar-refractivity contribution in [2.75, 3.05) is 0 Å². The monoisotopic (exact) mass is 484 g/mol. The van der Waals surface area contributed by atoms with Crippen molar-refractivity contribution in [3.63, 3.8) is 0 Å². The highest BCUT2D eigenvalue weighted by Gasteiger charge is 2.42. The highest BCUT2D eigenvalue weighted by molar-refractivity contribution is 7.38. The van der Waals surface area contributed by atoms with E-state index in [-0.39, 0.29) is 6.42 Å². The lowest BCUT2D eigenvalue weighted by atomic mass is 10.0. The molecule has 0 fully saturated rings. The molecule has 9 nitrogen and oxygen atoms in total. The maximum Gasteiger partial charge on any atom is 0.420 e. The number of carbonyl (C=O) groups is 3. The molecule has 3 amide bonds. The third-order valence-electron chi connectivity index (χ3n) is 4.26. The first-order chi connectivity index (χ1) is 15.0. The third kappa shape index (κ3) is 9.96. The summed E-state index contributed by atoms with van der Waals surface area (Å²) in [4.78, 5) is 49.7. The number of hydrogen-bond donors (Lipinski definition) is 2. The van der Waals surface area contributed by atoms with Crippen molar-refractivity contribution in [2.45, 2.75) is 84.8 Å². The standard InChI is InChI=1S/C23H37N2O7P/c1-15(2)18(19(26)24-17(33(29)30)14-16-12-10-9-11-13-16)25(20(27)31-22(3,4)5)21(28)32-23(6,7)8/h9-13,15,17-18,33H,14H2,1-8H3,(H,24,26)(H,29,30)/t17?,18-/m0/s1. The van der Waals surface area contributed by atoms with Crippen molar-refractivity contribution in [1.82, 2.24) is 10.2 Å². The van der Waals surface area contributed by atoms with E-state index < -0.39 is 55.1 Å². The lowest BCUT2D eigenvalue weighted by Crippen LogP contribution is -2.57. The molecule has 3 atom stereocenters. The number of carbonyl (C=O) groups excluding carboxylic acids is 3. The van der Waals surface area contributed by atoms with Gasteiger partial charge in [0.05, 0.1) is 0 Å². The topological polar surface area (TPSA) is 122 Å². The lowest BCUT2D eigenvalue weighted by molar-refractivity contribution is -0.128. The minimum absolute atomic E-state index is 0.116. The molecule has 1 rings (SSSR count). The molecule has 0 aliphatic rings. The van der Waals surface area contributed by atoms with Crippen LogP contribution in [0.15, 0.2) is 30.3 Å². The molecule has 2 N–H and O–H groups in total. The molecular formula is C23H37N2O7P. The fraction of sp³-hybridized carbons (Fsp3) is 0.609. The van der Waals surface area contributed by atoms with Crippen LogP contribution < -0.4 is 5.32 Å². The lowest BCUT2D eigenvalue weighted by Gasteiger charge is -2.35. The second-order valence-electron chi connectivity index (χ2n) is 10.1. The van der Waals surface area contributed by atoms with Gasteiger partial charge in [-0.1, -0.05) is 44.2 Å². The highest BCUT2D eigenvalue weighted by Crippen LogP contribution is 2.26. The number of nitrogens with one attached hydrogen (secondary N) is 1. The van der Waals surface area contributed by atoms with Crippen LogP contribution in [-0.4, -0.2) is 50.9 Å². The maximum atomic E-state index is 13.3. The van der Waals surface area contributed by atoms with E-state index in [0.717, 1.165) is 5.56 Å². The average Bonchev–Trinajstić information content (AvgIpc) is 2.62. The first-order valence-electron chi connectivity index (χ1n) is 10.8. The summed E-state index contributed by atoms with van der Waals surface area (Å²) in [6, 6.07) is 7.61. The van der Waals surface area contributed by atoms with Crippen LogP contribution in [0.1, 0.15) is 61.0 Å². The summed E-state index contributed by atoms with van der Waals surface area (Å²) in [5, 5.41) is 2.55. The Morgan fingerprint density at radius 1 is 0.970 bits per heavy atom.